The summed E-state index contributed by atoms with van der Waals surface area (Å²) in [6, 6.07) is 0. The molecule has 1 saturated carbocycles. The number of esters is 1. The van der Waals surface area contributed by atoms with Crippen LogP contribution in [0.2, 0.25) is 0 Å². The fourth-order valence-electron chi connectivity index (χ4n) is 2.80. The topological polar surface area (TPSA) is 46.5 Å². The van der Waals surface area contributed by atoms with Crippen molar-refractivity contribution in [2.24, 2.45) is 0 Å². The Labute approximate surface area is 117 Å². The molecule has 1 aliphatic carbocycles. The zero-order chi connectivity index (χ0) is 14.1. The van der Waals surface area contributed by atoms with E-state index in [4.69, 9.17) is 9.84 Å². The van der Waals surface area contributed by atoms with Gasteiger partial charge >= 0.3 is 5.97 Å². The average Bonchev–Trinajstić information content (AvgIpc) is 2.34. The fraction of sp³-hybridized carbons (Fsp3) is 0.812. The van der Waals surface area contributed by atoms with Crippen LogP contribution in [-0.4, -0.2) is 23.3 Å². The summed E-state index contributed by atoms with van der Waals surface area (Å²) in [5, 5.41) is 8.93. The predicted molar refractivity (Wildman–Crippen MR) is 76.9 cm³/mol. The van der Waals surface area contributed by atoms with E-state index >= 15 is 0 Å². The first kappa shape index (κ1) is 16.2. The average molecular weight is 268 g/mol. The molecule has 1 N–H and O–H groups in total. The van der Waals surface area contributed by atoms with Gasteiger partial charge in [-0.05, 0) is 51.9 Å². The van der Waals surface area contributed by atoms with Crippen molar-refractivity contribution in [3.8, 4) is 0 Å². The zero-order valence-electron chi connectivity index (χ0n) is 12.2. The minimum atomic E-state index is -0.314. The van der Waals surface area contributed by atoms with Crippen LogP contribution < -0.4 is 0 Å². The molecular formula is C16H28O3. The second kappa shape index (κ2) is 8.36. The van der Waals surface area contributed by atoms with Gasteiger partial charge in [0.1, 0.15) is 5.60 Å². The standard InChI is InChI=1S/C16H28O3/c1-14(2)15(18)19-16(12-8-9-13-17)10-6-4-3-5-7-11-16/h17H,1,3-13H2,2H3. The Balaban J connectivity index is 2.68. The highest BCUT2D eigenvalue weighted by Gasteiger charge is 2.33. The number of hydrogen-bond acceptors (Lipinski definition) is 3. The second-order valence-corrected chi connectivity index (χ2v) is 5.80. The van der Waals surface area contributed by atoms with Gasteiger partial charge in [-0.25, -0.2) is 4.79 Å². The molecule has 0 unspecified atom stereocenters. The summed E-state index contributed by atoms with van der Waals surface area (Å²) in [7, 11) is 0. The molecule has 1 aliphatic rings. The summed E-state index contributed by atoms with van der Waals surface area (Å²) in [6.45, 7) is 5.59. The van der Waals surface area contributed by atoms with Crippen molar-refractivity contribution in [3.63, 3.8) is 0 Å². The van der Waals surface area contributed by atoms with Gasteiger partial charge in [0, 0.05) is 12.2 Å². The number of carbonyl (C=O) groups excluding carboxylic acids is 1. The Morgan fingerprint density at radius 1 is 1.16 bits per heavy atom. The first-order valence-corrected chi connectivity index (χ1v) is 7.59. The largest absolute Gasteiger partial charge is 0.456 e. The van der Waals surface area contributed by atoms with E-state index in [1.54, 1.807) is 6.92 Å². The highest BCUT2D eigenvalue weighted by atomic mass is 16.6. The minimum Gasteiger partial charge on any atom is -0.456 e. The van der Waals surface area contributed by atoms with Gasteiger partial charge in [0.25, 0.3) is 0 Å². The lowest BCUT2D eigenvalue weighted by Gasteiger charge is -2.35. The van der Waals surface area contributed by atoms with Gasteiger partial charge in [0.05, 0.1) is 0 Å². The minimum absolute atomic E-state index is 0.213. The van der Waals surface area contributed by atoms with Crippen molar-refractivity contribution in [3.05, 3.63) is 12.2 Å². The number of aliphatic hydroxyl groups excluding tert-OH is 1. The quantitative estimate of drug-likeness (QED) is 0.453. The van der Waals surface area contributed by atoms with Crippen LogP contribution in [0.25, 0.3) is 0 Å². The van der Waals surface area contributed by atoms with E-state index in [2.05, 4.69) is 6.58 Å². The van der Waals surface area contributed by atoms with E-state index in [0.717, 1.165) is 44.9 Å². The second-order valence-electron chi connectivity index (χ2n) is 5.80. The molecule has 0 amide bonds. The van der Waals surface area contributed by atoms with E-state index in [-0.39, 0.29) is 18.2 Å². The van der Waals surface area contributed by atoms with Crippen molar-refractivity contribution < 1.29 is 14.6 Å². The van der Waals surface area contributed by atoms with Crippen molar-refractivity contribution in [2.75, 3.05) is 6.61 Å². The Bertz CT molecular complexity index is 288. The summed E-state index contributed by atoms with van der Waals surface area (Å²) >= 11 is 0. The van der Waals surface area contributed by atoms with Crippen LogP contribution in [0.4, 0.5) is 0 Å². The Kier molecular flexibility index (Phi) is 7.14. The monoisotopic (exact) mass is 268 g/mol. The van der Waals surface area contributed by atoms with Crippen LogP contribution in [0.15, 0.2) is 12.2 Å². The third-order valence-electron chi connectivity index (χ3n) is 3.96. The predicted octanol–water partition coefficient (Wildman–Crippen LogP) is 3.75. The molecule has 3 heteroatoms. The van der Waals surface area contributed by atoms with Crippen molar-refractivity contribution >= 4 is 5.97 Å². The van der Waals surface area contributed by atoms with Gasteiger partial charge in [-0.2, -0.15) is 0 Å². The molecule has 0 radical (unpaired) electrons. The van der Waals surface area contributed by atoms with Gasteiger partial charge < -0.3 is 9.84 Å². The molecule has 0 aliphatic heterocycles. The van der Waals surface area contributed by atoms with Crippen LogP contribution in [0.5, 0.6) is 0 Å². The summed E-state index contributed by atoms with van der Waals surface area (Å²) in [4.78, 5) is 11.9. The van der Waals surface area contributed by atoms with Crippen LogP contribution in [0.1, 0.15) is 71.1 Å². The van der Waals surface area contributed by atoms with E-state index in [1.165, 1.54) is 19.3 Å². The van der Waals surface area contributed by atoms with Gasteiger partial charge in [-0.1, -0.05) is 25.8 Å². The fourth-order valence-corrected chi connectivity index (χ4v) is 2.80. The number of hydrogen-bond donors (Lipinski definition) is 1. The molecule has 3 nitrogen and oxygen atoms in total. The number of aliphatic hydroxyl groups is 1. The van der Waals surface area contributed by atoms with E-state index in [0.29, 0.717) is 5.57 Å². The molecule has 0 saturated heterocycles. The van der Waals surface area contributed by atoms with Crippen molar-refractivity contribution in [1.29, 1.82) is 0 Å². The normalized spacial score (nSPS) is 19.3. The summed E-state index contributed by atoms with van der Waals surface area (Å²) < 4.78 is 5.80. The first-order chi connectivity index (χ1) is 9.09. The molecule has 0 aromatic carbocycles. The molecule has 0 bridgehead atoms. The van der Waals surface area contributed by atoms with Gasteiger partial charge in [0.2, 0.25) is 0 Å². The number of carbonyl (C=O) groups is 1. The van der Waals surface area contributed by atoms with E-state index in [9.17, 15) is 4.79 Å². The number of rotatable bonds is 6. The van der Waals surface area contributed by atoms with E-state index in [1.807, 2.05) is 0 Å². The van der Waals surface area contributed by atoms with Crippen LogP contribution in [-0.2, 0) is 9.53 Å². The lowest BCUT2D eigenvalue weighted by molar-refractivity contribution is -0.158. The van der Waals surface area contributed by atoms with Crippen molar-refractivity contribution in [1.82, 2.24) is 0 Å². The zero-order valence-corrected chi connectivity index (χ0v) is 12.2. The maximum Gasteiger partial charge on any atom is 0.333 e. The Morgan fingerprint density at radius 2 is 1.74 bits per heavy atom. The van der Waals surface area contributed by atoms with Crippen LogP contribution >= 0.6 is 0 Å². The molecular weight excluding hydrogens is 240 g/mol. The molecule has 0 spiro atoms. The Hall–Kier alpha value is -0.830. The third kappa shape index (κ3) is 5.77. The number of unbranched alkanes of at least 4 members (excludes halogenated alkanes) is 1. The molecule has 110 valence electrons. The molecule has 1 fully saturated rings. The van der Waals surface area contributed by atoms with Gasteiger partial charge in [-0.15, -0.1) is 0 Å². The Morgan fingerprint density at radius 3 is 2.26 bits per heavy atom. The molecule has 0 aromatic rings. The highest BCUT2D eigenvalue weighted by Crippen LogP contribution is 2.34. The first-order valence-electron chi connectivity index (χ1n) is 7.59. The summed E-state index contributed by atoms with van der Waals surface area (Å²) in [5.74, 6) is -0.260. The van der Waals surface area contributed by atoms with Crippen molar-refractivity contribution in [2.45, 2.75) is 76.7 Å². The highest BCUT2D eigenvalue weighted by molar-refractivity contribution is 5.87. The molecule has 0 atom stereocenters. The lowest BCUT2D eigenvalue weighted by atomic mass is 9.83. The van der Waals surface area contributed by atoms with Crippen LogP contribution in [0, 0.1) is 0 Å². The lowest BCUT2D eigenvalue weighted by Crippen LogP contribution is -2.36. The summed E-state index contributed by atoms with van der Waals surface area (Å²) in [6.07, 6.45) is 10.5. The smallest absolute Gasteiger partial charge is 0.333 e. The van der Waals surface area contributed by atoms with Gasteiger partial charge in [0.15, 0.2) is 0 Å². The molecule has 1 rings (SSSR count). The van der Waals surface area contributed by atoms with E-state index < -0.39 is 0 Å². The summed E-state index contributed by atoms with van der Waals surface area (Å²) in [5.41, 5.74) is 0.162. The molecule has 19 heavy (non-hydrogen) atoms. The maximum absolute atomic E-state index is 11.9. The molecule has 0 heterocycles. The molecule has 0 aromatic heterocycles. The maximum atomic E-state index is 11.9. The number of ether oxygens (including phenoxy) is 1. The van der Waals surface area contributed by atoms with Crippen LogP contribution in [0.3, 0.4) is 0 Å². The van der Waals surface area contributed by atoms with Gasteiger partial charge in [-0.3, -0.25) is 0 Å². The third-order valence-corrected chi connectivity index (χ3v) is 3.96. The SMILES string of the molecule is C=C(C)C(=O)OC1(CCCCO)CCCCCCC1.